The van der Waals surface area contributed by atoms with Gasteiger partial charge in [-0.1, -0.05) is 43.7 Å². The fourth-order valence-corrected chi connectivity index (χ4v) is 5.18. The Balaban J connectivity index is 1.92. The molecule has 0 N–H and O–H groups in total. The van der Waals surface area contributed by atoms with Gasteiger partial charge < -0.3 is 9.64 Å². The molecular weight excluding hydrogens is 393 g/mol. The molecule has 0 aromatic heterocycles. The molecule has 1 fully saturated rings. The van der Waals surface area contributed by atoms with Gasteiger partial charge in [-0.05, 0) is 31.0 Å². The minimum absolute atomic E-state index is 0.00892. The lowest BCUT2D eigenvalue weighted by Gasteiger charge is -2.29. The first-order valence-corrected chi connectivity index (χ1v) is 11.7. The molecule has 1 aliphatic rings. The quantitative estimate of drug-likeness (QED) is 0.610. The summed E-state index contributed by atoms with van der Waals surface area (Å²) in [6.07, 6.45) is 2.18. The van der Waals surface area contributed by atoms with E-state index in [1.54, 1.807) is 42.5 Å². The van der Waals surface area contributed by atoms with Crippen molar-refractivity contribution < 1.29 is 22.3 Å². The molecule has 1 saturated heterocycles. The molecule has 156 valence electrons. The number of hydrogen-bond donors (Lipinski definition) is 0. The fourth-order valence-electron chi connectivity index (χ4n) is 3.45. The van der Waals surface area contributed by atoms with Crippen LogP contribution in [0.5, 0.6) is 5.75 Å². The van der Waals surface area contributed by atoms with Gasteiger partial charge in [0.15, 0.2) is 9.84 Å². The molecule has 1 atom stereocenters. The summed E-state index contributed by atoms with van der Waals surface area (Å²) in [6, 6.07) is 12.7. The molecule has 0 radical (unpaired) electrons. The molecule has 0 unspecified atom stereocenters. The lowest BCUT2D eigenvalue weighted by molar-refractivity contribution is 0.0674. The highest BCUT2D eigenvalue weighted by molar-refractivity contribution is 7.91. The Morgan fingerprint density at radius 3 is 2.59 bits per heavy atom. The second-order valence-corrected chi connectivity index (χ2v) is 9.51. The van der Waals surface area contributed by atoms with Crippen molar-refractivity contribution in [3.8, 4) is 5.75 Å². The summed E-state index contributed by atoms with van der Waals surface area (Å²) in [5, 5.41) is 0. The van der Waals surface area contributed by atoms with Gasteiger partial charge in [-0.2, -0.15) is 0 Å². The van der Waals surface area contributed by atoms with E-state index in [9.17, 15) is 17.6 Å². The second kappa shape index (κ2) is 9.39. The van der Waals surface area contributed by atoms with E-state index in [-0.39, 0.29) is 24.0 Å². The Hall–Kier alpha value is -2.41. The van der Waals surface area contributed by atoms with Crippen LogP contribution in [0.15, 0.2) is 48.5 Å². The highest BCUT2D eigenvalue weighted by Gasteiger charge is 2.36. The monoisotopic (exact) mass is 419 g/mol. The summed E-state index contributed by atoms with van der Waals surface area (Å²) in [5.41, 5.74) is 0.721. The molecular formula is C22H26FNO4S. The zero-order valence-electron chi connectivity index (χ0n) is 16.5. The zero-order chi connectivity index (χ0) is 20.9. The number of benzene rings is 2. The molecule has 2 aromatic rings. The number of carbonyl (C=O) groups is 1. The summed E-state index contributed by atoms with van der Waals surface area (Å²) < 4.78 is 44.1. The average Bonchev–Trinajstić information content (AvgIpc) is 3.07. The molecule has 3 rings (SSSR count). The Bertz CT molecular complexity index is 961. The third-order valence-electron chi connectivity index (χ3n) is 5.08. The molecule has 0 spiro atoms. The summed E-state index contributed by atoms with van der Waals surface area (Å²) in [7, 11) is -3.21. The molecule has 2 aromatic carbocycles. The van der Waals surface area contributed by atoms with Crippen molar-refractivity contribution in [1.29, 1.82) is 0 Å². The molecule has 0 aliphatic carbocycles. The number of rotatable bonds is 8. The highest BCUT2D eigenvalue weighted by atomic mass is 32.2. The molecule has 0 bridgehead atoms. The van der Waals surface area contributed by atoms with Crippen molar-refractivity contribution in [3.05, 3.63) is 65.5 Å². The third kappa shape index (κ3) is 5.35. The predicted octanol–water partition coefficient (Wildman–Crippen LogP) is 3.83. The average molecular weight is 420 g/mol. The van der Waals surface area contributed by atoms with Gasteiger partial charge in [0.05, 0.1) is 23.7 Å². The highest BCUT2D eigenvalue weighted by Crippen LogP contribution is 2.27. The van der Waals surface area contributed by atoms with Crippen LogP contribution in [0.3, 0.4) is 0 Å². The van der Waals surface area contributed by atoms with E-state index in [0.29, 0.717) is 29.9 Å². The van der Waals surface area contributed by atoms with Gasteiger partial charge in [0.2, 0.25) is 0 Å². The number of sulfone groups is 1. The maximum Gasteiger partial charge on any atom is 0.258 e. The van der Waals surface area contributed by atoms with Crippen molar-refractivity contribution in [1.82, 2.24) is 4.90 Å². The lowest BCUT2D eigenvalue weighted by atomic mass is 10.1. The molecule has 29 heavy (non-hydrogen) atoms. The first-order chi connectivity index (χ1) is 13.9. The number of unbranched alkanes of at least 4 members (excludes halogenated alkanes) is 1. The van der Waals surface area contributed by atoms with Crippen LogP contribution in [-0.2, 0) is 16.4 Å². The summed E-state index contributed by atoms with van der Waals surface area (Å²) in [4.78, 5) is 14.9. The van der Waals surface area contributed by atoms with Crippen LogP contribution in [0.1, 0.15) is 42.1 Å². The predicted molar refractivity (Wildman–Crippen MR) is 110 cm³/mol. The maximum atomic E-state index is 14.3. The van der Waals surface area contributed by atoms with Gasteiger partial charge in [-0.25, -0.2) is 12.8 Å². The molecule has 5 nitrogen and oxygen atoms in total. The number of halogens is 1. The minimum Gasteiger partial charge on any atom is -0.493 e. The topological polar surface area (TPSA) is 63.7 Å². The van der Waals surface area contributed by atoms with Crippen LogP contribution in [0.4, 0.5) is 4.39 Å². The van der Waals surface area contributed by atoms with Crippen molar-refractivity contribution in [3.63, 3.8) is 0 Å². The van der Waals surface area contributed by atoms with Crippen LogP contribution in [0, 0.1) is 5.82 Å². The van der Waals surface area contributed by atoms with E-state index in [0.717, 1.165) is 12.8 Å². The van der Waals surface area contributed by atoms with Crippen LogP contribution in [0.25, 0.3) is 0 Å². The smallest absolute Gasteiger partial charge is 0.258 e. The second-order valence-electron chi connectivity index (χ2n) is 7.28. The molecule has 7 heteroatoms. The van der Waals surface area contributed by atoms with Gasteiger partial charge in [0.25, 0.3) is 5.91 Å². The van der Waals surface area contributed by atoms with Gasteiger partial charge in [-0.3, -0.25) is 4.79 Å². The number of para-hydroxylation sites is 1. The standard InChI is InChI=1S/C22H26FNO4S/c1-2-3-13-28-21-11-7-5-9-19(21)22(25)24(18-12-14-29(26,27)16-18)15-17-8-4-6-10-20(17)23/h4-11,18H,2-3,12-16H2,1H3/t18-/m0/s1. The van der Waals surface area contributed by atoms with E-state index in [1.165, 1.54) is 11.0 Å². The van der Waals surface area contributed by atoms with E-state index < -0.39 is 21.7 Å². The SMILES string of the molecule is CCCCOc1ccccc1C(=O)N(Cc1ccccc1F)[C@H]1CCS(=O)(=O)C1. The lowest BCUT2D eigenvalue weighted by Crippen LogP contribution is -2.41. The number of carbonyl (C=O) groups excluding carboxylic acids is 1. The van der Waals surface area contributed by atoms with Crippen molar-refractivity contribution in [2.24, 2.45) is 0 Å². The van der Waals surface area contributed by atoms with E-state index in [4.69, 9.17) is 4.74 Å². The molecule has 0 saturated carbocycles. The van der Waals surface area contributed by atoms with Gasteiger partial charge in [-0.15, -0.1) is 0 Å². The first kappa shape index (κ1) is 21.3. The van der Waals surface area contributed by atoms with E-state index in [2.05, 4.69) is 6.92 Å². The first-order valence-electron chi connectivity index (χ1n) is 9.88. The number of ether oxygens (including phenoxy) is 1. The summed E-state index contributed by atoms with van der Waals surface area (Å²) in [6.45, 7) is 2.55. The van der Waals surface area contributed by atoms with Gasteiger partial charge in [0.1, 0.15) is 11.6 Å². The van der Waals surface area contributed by atoms with Crippen molar-refractivity contribution in [2.75, 3.05) is 18.1 Å². The summed E-state index contributed by atoms with van der Waals surface area (Å²) >= 11 is 0. The molecule has 1 amide bonds. The van der Waals surface area contributed by atoms with Crippen LogP contribution in [-0.4, -0.2) is 43.4 Å². The van der Waals surface area contributed by atoms with Crippen LogP contribution < -0.4 is 4.74 Å². The largest absolute Gasteiger partial charge is 0.493 e. The fraction of sp³-hybridized carbons (Fsp3) is 0.409. The minimum atomic E-state index is -3.21. The Morgan fingerprint density at radius 2 is 1.90 bits per heavy atom. The van der Waals surface area contributed by atoms with Gasteiger partial charge in [0, 0.05) is 18.2 Å². The van der Waals surface area contributed by atoms with Crippen molar-refractivity contribution >= 4 is 15.7 Å². The van der Waals surface area contributed by atoms with Crippen molar-refractivity contribution in [2.45, 2.75) is 38.8 Å². The maximum absolute atomic E-state index is 14.3. The normalized spacial score (nSPS) is 17.8. The van der Waals surface area contributed by atoms with E-state index >= 15 is 0 Å². The van der Waals surface area contributed by atoms with E-state index in [1.807, 2.05) is 0 Å². The number of amides is 1. The Labute approximate surface area is 171 Å². The Morgan fingerprint density at radius 1 is 1.17 bits per heavy atom. The Kier molecular flexibility index (Phi) is 6.90. The number of hydrogen-bond acceptors (Lipinski definition) is 4. The van der Waals surface area contributed by atoms with Crippen LogP contribution in [0.2, 0.25) is 0 Å². The van der Waals surface area contributed by atoms with Gasteiger partial charge >= 0.3 is 0 Å². The van der Waals surface area contributed by atoms with Crippen LogP contribution >= 0.6 is 0 Å². The molecule has 1 heterocycles. The third-order valence-corrected chi connectivity index (χ3v) is 6.83. The summed E-state index contributed by atoms with van der Waals surface area (Å²) in [5.74, 6) is -0.370. The zero-order valence-corrected chi connectivity index (χ0v) is 17.3. The number of nitrogens with zero attached hydrogens (tertiary/aromatic N) is 1. The molecule has 1 aliphatic heterocycles.